The Kier molecular flexibility index (Phi) is 7.49. The van der Waals surface area contributed by atoms with E-state index in [1.54, 1.807) is 44.5 Å². The molecule has 0 bridgehead atoms. The van der Waals surface area contributed by atoms with Crippen molar-refractivity contribution in [2.75, 3.05) is 20.8 Å². The van der Waals surface area contributed by atoms with Crippen LogP contribution >= 0.6 is 0 Å². The summed E-state index contributed by atoms with van der Waals surface area (Å²) in [6.45, 7) is 1.49. The molecule has 0 unspecified atom stereocenters. The maximum Gasteiger partial charge on any atom is 0.243 e. The van der Waals surface area contributed by atoms with E-state index in [4.69, 9.17) is 14.5 Å². The Labute approximate surface area is 200 Å². The van der Waals surface area contributed by atoms with Crippen LogP contribution in [0.25, 0.3) is 11.0 Å². The second-order valence-electron chi connectivity index (χ2n) is 7.98. The molecular weight excluding hydrogens is 450 g/mol. The zero-order valence-corrected chi connectivity index (χ0v) is 20.2. The van der Waals surface area contributed by atoms with Crippen LogP contribution in [0.4, 0.5) is 0 Å². The average Bonchev–Trinajstić information content (AvgIpc) is 3.21. The lowest BCUT2D eigenvalue weighted by molar-refractivity contribution is 0.300. The first kappa shape index (κ1) is 23.8. The van der Waals surface area contributed by atoms with Crippen molar-refractivity contribution in [3.05, 3.63) is 84.7 Å². The Bertz CT molecular complexity index is 1340. The fourth-order valence-corrected chi connectivity index (χ4v) is 4.95. The van der Waals surface area contributed by atoms with Gasteiger partial charge < -0.3 is 14.0 Å². The van der Waals surface area contributed by atoms with E-state index in [0.29, 0.717) is 6.61 Å². The number of fused-ring (bicyclic) bond motifs is 1. The molecule has 34 heavy (non-hydrogen) atoms. The quantitative estimate of drug-likeness (QED) is 0.291. The molecule has 1 aromatic heterocycles. The summed E-state index contributed by atoms with van der Waals surface area (Å²) in [5.41, 5.74) is 1.85. The molecule has 0 aliphatic heterocycles. The smallest absolute Gasteiger partial charge is 0.243 e. The van der Waals surface area contributed by atoms with Gasteiger partial charge in [-0.25, -0.2) is 13.4 Å². The molecule has 0 spiro atoms. The number of hydrogen-bond donors (Lipinski definition) is 0. The molecule has 4 aromatic rings. The van der Waals surface area contributed by atoms with Gasteiger partial charge in [0.05, 0.1) is 36.2 Å². The van der Waals surface area contributed by atoms with Crippen molar-refractivity contribution in [1.82, 2.24) is 13.9 Å². The second-order valence-corrected chi connectivity index (χ2v) is 10.0. The van der Waals surface area contributed by atoms with Gasteiger partial charge in [0.1, 0.15) is 17.3 Å². The third-order valence-corrected chi connectivity index (χ3v) is 7.45. The van der Waals surface area contributed by atoms with Gasteiger partial charge in [0.2, 0.25) is 10.0 Å². The van der Waals surface area contributed by atoms with Crippen LogP contribution in [0.1, 0.15) is 18.7 Å². The van der Waals surface area contributed by atoms with Crippen LogP contribution in [0.15, 0.2) is 83.8 Å². The highest BCUT2D eigenvalue weighted by molar-refractivity contribution is 7.89. The predicted octanol–water partition coefficient (Wildman–Crippen LogP) is 4.72. The predicted molar refractivity (Wildman–Crippen MR) is 133 cm³/mol. The molecule has 0 fully saturated rings. The molecule has 0 aliphatic rings. The number of methoxy groups -OCH3 is 1. The molecule has 0 atom stereocenters. The van der Waals surface area contributed by atoms with E-state index in [1.165, 1.54) is 4.31 Å². The maximum absolute atomic E-state index is 13.0. The first-order valence-corrected chi connectivity index (χ1v) is 12.7. The van der Waals surface area contributed by atoms with Crippen molar-refractivity contribution in [1.29, 1.82) is 0 Å². The van der Waals surface area contributed by atoms with Gasteiger partial charge in [-0.05, 0) is 49.2 Å². The summed E-state index contributed by atoms with van der Waals surface area (Å²) in [7, 11) is -0.382. The third kappa shape index (κ3) is 5.40. The lowest BCUT2D eigenvalue weighted by atomic mass is 10.3. The molecule has 8 heteroatoms. The van der Waals surface area contributed by atoms with Crippen molar-refractivity contribution in [2.45, 2.75) is 30.8 Å². The van der Waals surface area contributed by atoms with Crippen molar-refractivity contribution >= 4 is 21.1 Å². The minimum absolute atomic E-state index is 0.187. The van der Waals surface area contributed by atoms with Gasteiger partial charge in [-0.3, -0.25) is 0 Å². The number of ether oxygens (including phenoxy) is 2. The van der Waals surface area contributed by atoms with Crippen LogP contribution in [-0.4, -0.2) is 43.0 Å². The summed E-state index contributed by atoms with van der Waals surface area (Å²) in [6.07, 6.45) is 1.72. The summed E-state index contributed by atoms with van der Waals surface area (Å²) >= 11 is 0. The fraction of sp³-hybridized carbons (Fsp3) is 0.269. The number of aryl methyl sites for hydroxylation is 1. The van der Waals surface area contributed by atoms with E-state index >= 15 is 0 Å². The summed E-state index contributed by atoms with van der Waals surface area (Å²) in [5.74, 6) is 2.26. The number of sulfonamides is 1. The average molecular weight is 480 g/mol. The van der Waals surface area contributed by atoms with Gasteiger partial charge in [0.25, 0.3) is 0 Å². The first-order valence-electron chi connectivity index (χ1n) is 11.2. The molecule has 7 nitrogen and oxygen atoms in total. The number of aromatic nitrogens is 2. The number of hydrogen-bond acceptors (Lipinski definition) is 5. The maximum atomic E-state index is 13.0. The van der Waals surface area contributed by atoms with Crippen LogP contribution in [0, 0.1) is 0 Å². The number of para-hydroxylation sites is 2. The molecule has 0 radical (unpaired) electrons. The van der Waals surface area contributed by atoms with Crippen LogP contribution in [0.2, 0.25) is 0 Å². The van der Waals surface area contributed by atoms with E-state index in [2.05, 4.69) is 4.57 Å². The Hall–Kier alpha value is -3.36. The zero-order valence-electron chi connectivity index (χ0n) is 19.4. The minimum atomic E-state index is -3.61. The molecule has 0 N–H and O–H groups in total. The van der Waals surface area contributed by atoms with Crippen LogP contribution in [0.3, 0.4) is 0 Å². The summed E-state index contributed by atoms with van der Waals surface area (Å²) < 4.78 is 40.6. The van der Waals surface area contributed by atoms with E-state index in [1.807, 2.05) is 48.5 Å². The summed E-state index contributed by atoms with van der Waals surface area (Å²) in [6, 6.07) is 23.9. The van der Waals surface area contributed by atoms with Gasteiger partial charge in [0.15, 0.2) is 0 Å². The van der Waals surface area contributed by atoms with E-state index in [0.717, 1.165) is 47.7 Å². The lowest BCUT2D eigenvalue weighted by Crippen LogP contribution is -2.28. The van der Waals surface area contributed by atoms with E-state index < -0.39 is 10.0 Å². The molecule has 0 amide bonds. The molecule has 178 valence electrons. The van der Waals surface area contributed by atoms with Crippen molar-refractivity contribution in [3.63, 3.8) is 0 Å². The van der Waals surface area contributed by atoms with Gasteiger partial charge >= 0.3 is 0 Å². The van der Waals surface area contributed by atoms with Gasteiger partial charge in [-0.2, -0.15) is 4.31 Å². The van der Waals surface area contributed by atoms with E-state index in [9.17, 15) is 8.42 Å². The Morgan fingerprint density at radius 3 is 2.44 bits per heavy atom. The van der Waals surface area contributed by atoms with Crippen molar-refractivity contribution in [2.24, 2.45) is 0 Å². The standard InChI is InChI=1S/C26H29N3O4S/c1-28(34(30,31)23-13-4-3-5-14-23)20-26-27-24-15-6-7-16-25(24)29(26)17-8-9-18-33-22-12-10-11-21(19-22)32-2/h3-7,10-16,19H,8-9,17-18,20H2,1-2H3. The first-order chi connectivity index (χ1) is 16.5. The summed E-state index contributed by atoms with van der Waals surface area (Å²) in [5, 5.41) is 0. The number of nitrogens with zero attached hydrogens (tertiary/aromatic N) is 3. The van der Waals surface area contributed by atoms with Crippen molar-refractivity contribution in [3.8, 4) is 11.5 Å². The van der Waals surface area contributed by atoms with E-state index in [-0.39, 0.29) is 11.4 Å². The molecule has 3 aromatic carbocycles. The highest BCUT2D eigenvalue weighted by atomic mass is 32.2. The molecule has 0 saturated heterocycles. The largest absolute Gasteiger partial charge is 0.497 e. The van der Waals surface area contributed by atoms with Crippen molar-refractivity contribution < 1.29 is 17.9 Å². The second kappa shape index (κ2) is 10.7. The zero-order chi connectivity index (χ0) is 24.0. The molecule has 0 saturated carbocycles. The van der Waals surface area contributed by atoms with Gasteiger partial charge in [0, 0.05) is 19.7 Å². The molecule has 4 rings (SSSR count). The Morgan fingerprint density at radius 1 is 0.912 bits per heavy atom. The molecule has 0 aliphatic carbocycles. The molecular formula is C26H29N3O4S. The Morgan fingerprint density at radius 2 is 1.65 bits per heavy atom. The monoisotopic (exact) mass is 479 g/mol. The highest BCUT2D eigenvalue weighted by Crippen LogP contribution is 2.22. The fourth-order valence-electron chi connectivity index (χ4n) is 3.81. The number of benzene rings is 3. The van der Waals surface area contributed by atoms with Gasteiger partial charge in [-0.15, -0.1) is 0 Å². The third-order valence-electron chi connectivity index (χ3n) is 5.64. The normalized spacial score (nSPS) is 11.7. The van der Waals surface area contributed by atoms with Crippen LogP contribution in [-0.2, 0) is 23.1 Å². The van der Waals surface area contributed by atoms with Crippen LogP contribution < -0.4 is 9.47 Å². The highest BCUT2D eigenvalue weighted by Gasteiger charge is 2.23. The number of rotatable bonds is 11. The van der Waals surface area contributed by atoms with Crippen LogP contribution in [0.5, 0.6) is 11.5 Å². The summed E-state index contributed by atoms with van der Waals surface area (Å²) in [4.78, 5) is 5.01. The minimum Gasteiger partial charge on any atom is -0.497 e. The number of unbranched alkanes of at least 4 members (excludes halogenated alkanes) is 1. The molecule has 1 heterocycles. The lowest BCUT2D eigenvalue weighted by Gasteiger charge is -2.18. The van der Waals surface area contributed by atoms with Gasteiger partial charge in [-0.1, -0.05) is 36.4 Å². The number of imidazole rings is 1. The topological polar surface area (TPSA) is 73.7 Å². The SMILES string of the molecule is COc1cccc(OCCCCn2c(CN(C)S(=O)(=O)c3ccccc3)nc3ccccc32)c1. The Balaban J connectivity index is 1.44.